The number of aromatic nitrogens is 2. The summed E-state index contributed by atoms with van der Waals surface area (Å²) in [6.45, 7) is 6.50. The van der Waals surface area contributed by atoms with Gasteiger partial charge in [0.2, 0.25) is 0 Å². The molecule has 0 bridgehead atoms. The standard InChI is InChI=1S/C16H21N3O2/c1-4-18(10-11-20)16(21)15-12(2)17-19(13(15)3)14-8-6-5-7-9-14/h5-9,20H,4,10-11H2,1-3H3. The second-order valence-electron chi connectivity index (χ2n) is 4.90. The number of amides is 1. The third-order valence-electron chi connectivity index (χ3n) is 3.54. The van der Waals surface area contributed by atoms with Gasteiger partial charge in [0.15, 0.2) is 0 Å². The lowest BCUT2D eigenvalue weighted by Crippen LogP contribution is -2.34. The number of hydrogen-bond donors (Lipinski definition) is 1. The SMILES string of the molecule is CCN(CCO)C(=O)c1c(C)nn(-c2ccccc2)c1C. The summed E-state index contributed by atoms with van der Waals surface area (Å²) in [5.41, 5.74) is 3.08. The van der Waals surface area contributed by atoms with E-state index in [0.717, 1.165) is 11.4 Å². The molecule has 0 aliphatic rings. The predicted octanol–water partition coefficient (Wildman–Crippen LogP) is 1.94. The van der Waals surface area contributed by atoms with E-state index in [2.05, 4.69) is 5.10 Å². The van der Waals surface area contributed by atoms with Crippen LogP contribution in [-0.2, 0) is 0 Å². The quantitative estimate of drug-likeness (QED) is 0.914. The summed E-state index contributed by atoms with van der Waals surface area (Å²) in [6, 6.07) is 9.74. The molecule has 0 spiro atoms. The molecule has 0 fully saturated rings. The Morgan fingerprint density at radius 3 is 2.52 bits per heavy atom. The van der Waals surface area contributed by atoms with Crippen molar-refractivity contribution in [1.29, 1.82) is 0 Å². The van der Waals surface area contributed by atoms with Crippen molar-refractivity contribution in [3.05, 3.63) is 47.3 Å². The van der Waals surface area contributed by atoms with Gasteiger partial charge in [-0.05, 0) is 32.9 Å². The maximum Gasteiger partial charge on any atom is 0.257 e. The third-order valence-corrected chi connectivity index (χ3v) is 3.54. The first-order valence-electron chi connectivity index (χ1n) is 7.12. The van der Waals surface area contributed by atoms with Crippen LogP contribution in [0.2, 0.25) is 0 Å². The average Bonchev–Trinajstić information content (AvgIpc) is 2.80. The van der Waals surface area contributed by atoms with Gasteiger partial charge in [0.05, 0.1) is 29.2 Å². The lowest BCUT2D eigenvalue weighted by molar-refractivity contribution is 0.0730. The van der Waals surface area contributed by atoms with Crippen LogP contribution < -0.4 is 0 Å². The van der Waals surface area contributed by atoms with E-state index in [-0.39, 0.29) is 12.5 Å². The summed E-state index contributed by atoms with van der Waals surface area (Å²) in [4.78, 5) is 14.2. The molecule has 1 amide bonds. The summed E-state index contributed by atoms with van der Waals surface area (Å²) in [6.07, 6.45) is 0. The van der Waals surface area contributed by atoms with Gasteiger partial charge >= 0.3 is 0 Å². The van der Waals surface area contributed by atoms with Crippen LogP contribution in [0.3, 0.4) is 0 Å². The molecule has 2 aromatic rings. The first kappa shape index (κ1) is 15.3. The van der Waals surface area contributed by atoms with Gasteiger partial charge in [-0.15, -0.1) is 0 Å². The molecule has 112 valence electrons. The summed E-state index contributed by atoms with van der Waals surface area (Å²) in [5.74, 6) is -0.0799. The molecule has 2 rings (SSSR count). The highest BCUT2D eigenvalue weighted by atomic mass is 16.3. The first-order chi connectivity index (χ1) is 10.1. The molecule has 0 saturated heterocycles. The van der Waals surface area contributed by atoms with E-state index in [1.54, 1.807) is 9.58 Å². The minimum Gasteiger partial charge on any atom is -0.395 e. The molecular weight excluding hydrogens is 266 g/mol. The van der Waals surface area contributed by atoms with Gasteiger partial charge in [0.1, 0.15) is 0 Å². The summed E-state index contributed by atoms with van der Waals surface area (Å²) >= 11 is 0. The van der Waals surface area contributed by atoms with Crippen molar-refractivity contribution in [2.24, 2.45) is 0 Å². The second-order valence-corrected chi connectivity index (χ2v) is 4.90. The van der Waals surface area contributed by atoms with Gasteiger partial charge in [0, 0.05) is 13.1 Å². The molecule has 21 heavy (non-hydrogen) atoms. The van der Waals surface area contributed by atoms with Gasteiger partial charge in [-0.3, -0.25) is 4.79 Å². The van der Waals surface area contributed by atoms with Crippen LogP contribution in [0.25, 0.3) is 5.69 Å². The number of benzene rings is 1. The number of likely N-dealkylation sites (N-methyl/N-ethyl adjacent to an activating group) is 1. The Balaban J connectivity index is 2.42. The van der Waals surface area contributed by atoms with Crippen LogP contribution in [0, 0.1) is 13.8 Å². The molecular formula is C16H21N3O2. The maximum absolute atomic E-state index is 12.6. The zero-order valence-electron chi connectivity index (χ0n) is 12.7. The molecule has 0 radical (unpaired) electrons. The largest absolute Gasteiger partial charge is 0.395 e. The average molecular weight is 287 g/mol. The van der Waals surface area contributed by atoms with E-state index in [9.17, 15) is 4.79 Å². The minimum absolute atomic E-state index is 0.0372. The molecule has 0 aliphatic heterocycles. The minimum atomic E-state index is -0.0799. The number of aliphatic hydroxyl groups excluding tert-OH is 1. The molecule has 0 aliphatic carbocycles. The molecule has 1 heterocycles. The number of hydrogen-bond acceptors (Lipinski definition) is 3. The molecule has 5 heteroatoms. The molecule has 1 aromatic carbocycles. The molecule has 1 N–H and O–H groups in total. The summed E-state index contributed by atoms with van der Waals surface area (Å²) in [7, 11) is 0. The van der Waals surface area contributed by atoms with Gasteiger partial charge in [0.25, 0.3) is 5.91 Å². The van der Waals surface area contributed by atoms with E-state index >= 15 is 0 Å². The van der Waals surface area contributed by atoms with Crippen molar-refractivity contribution in [3.63, 3.8) is 0 Å². The normalized spacial score (nSPS) is 10.7. The van der Waals surface area contributed by atoms with Gasteiger partial charge in [-0.2, -0.15) is 5.10 Å². The number of nitrogens with zero attached hydrogens (tertiary/aromatic N) is 3. The molecule has 0 unspecified atom stereocenters. The first-order valence-corrected chi connectivity index (χ1v) is 7.12. The van der Waals surface area contributed by atoms with Crippen molar-refractivity contribution in [3.8, 4) is 5.69 Å². The van der Waals surface area contributed by atoms with Crippen LogP contribution in [-0.4, -0.2) is 45.4 Å². The highest BCUT2D eigenvalue weighted by molar-refractivity contribution is 5.96. The van der Waals surface area contributed by atoms with Gasteiger partial charge in [-0.1, -0.05) is 18.2 Å². The summed E-state index contributed by atoms with van der Waals surface area (Å²) in [5, 5.41) is 13.6. The van der Waals surface area contributed by atoms with Crippen molar-refractivity contribution in [1.82, 2.24) is 14.7 Å². The van der Waals surface area contributed by atoms with Crippen LogP contribution in [0.15, 0.2) is 30.3 Å². The number of para-hydroxylation sites is 1. The highest BCUT2D eigenvalue weighted by Gasteiger charge is 2.23. The van der Waals surface area contributed by atoms with Gasteiger partial charge in [-0.25, -0.2) is 4.68 Å². The Morgan fingerprint density at radius 1 is 1.29 bits per heavy atom. The third kappa shape index (κ3) is 2.97. The topological polar surface area (TPSA) is 58.4 Å². The Bertz CT molecular complexity index is 620. The van der Waals surface area contributed by atoms with E-state index in [0.29, 0.717) is 24.3 Å². The maximum atomic E-state index is 12.6. The molecule has 5 nitrogen and oxygen atoms in total. The van der Waals surface area contributed by atoms with Crippen molar-refractivity contribution >= 4 is 5.91 Å². The fourth-order valence-corrected chi connectivity index (χ4v) is 2.45. The van der Waals surface area contributed by atoms with Crippen molar-refractivity contribution in [2.45, 2.75) is 20.8 Å². The molecule has 0 saturated carbocycles. The number of aliphatic hydroxyl groups is 1. The number of carbonyl (C=O) groups excluding carboxylic acids is 1. The predicted molar refractivity (Wildman–Crippen MR) is 81.7 cm³/mol. The van der Waals surface area contributed by atoms with Gasteiger partial charge < -0.3 is 10.0 Å². The molecule has 0 atom stereocenters. The van der Waals surface area contributed by atoms with Crippen LogP contribution in [0.4, 0.5) is 0 Å². The fourth-order valence-electron chi connectivity index (χ4n) is 2.45. The van der Waals surface area contributed by atoms with E-state index in [1.165, 1.54) is 0 Å². The number of carbonyl (C=O) groups is 1. The van der Waals surface area contributed by atoms with Crippen LogP contribution in [0.5, 0.6) is 0 Å². The smallest absolute Gasteiger partial charge is 0.257 e. The van der Waals surface area contributed by atoms with Crippen molar-refractivity contribution < 1.29 is 9.90 Å². The van der Waals surface area contributed by atoms with E-state index < -0.39 is 0 Å². The second kappa shape index (κ2) is 6.54. The highest BCUT2D eigenvalue weighted by Crippen LogP contribution is 2.19. The fraction of sp³-hybridized carbons (Fsp3) is 0.375. The van der Waals surface area contributed by atoms with E-state index in [4.69, 9.17) is 5.11 Å². The Kier molecular flexibility index (Phi) is 4.75. The number of rotatable bonds is 5. The van der Waals surface area contributed by atoms with Crippen LogP contribution >= 0.6 is 0 Å². The lowest BCUT2D eigenvalue weighted by atomic mass is 10.1. The Hall–Kier alpha value is -2.14. The zero-order valence-corrected chi connectivity index (χ0v) is 12.7. The monoisotopic (exact) mass is 287 g/mol. The lowest BCUT2D eigenvalue weighted by Gasteiger charge is -2.19. The van der Waals surface area contributed by atoms with E-state index in [1.807, 2.05) is 51.1 Å². The molecule has 1 aromatic heterocycles. The Labute approximate surface area is 124 Å². The Morgan fingerprint density at radius 2 is 1.95 bits per heavy atom. The summed E-state index contributed by atoms with van der Waals surface area (Å²) < 4.78 is 1.79. The zero-order chi connectivity index (χ0) is 15.4. The van der Waals surface area contributed by atoms with Crippen molar-refractivity contribution in [2.75, 3.05) is 19.7 Å². The van der Waals surface area contributed by atoms with Crippen LogP contribution in [0.1, 0.15) is 28.7 Å². The number of aryl methyl sites for hydroxylation is 1.